The fourth-order valence-electron chi connectivity index (χ4n) is 3.65. The molecule has 1 aromatic heterocycles. The molecule has 1 saturated heterocycles. The van der Waals surface area contributed by atoms with Gasteiger partial charge in [-0.3, -0.25) is 9.89 Å². The number of nitrogens with one attached hydrogen (secondary N) is 1. The van der Waals surface area contributed by atoms with Crippen molar-refractivity contribution in [2.75, 3.05) is 31.1 Å². The first kappa shape index (κ1) is 19.5. The van der Waals surface area contributed by atoms with Gasteiger partial charge >= 0.3 is 0 Å². The van der Waals surface area contributed by atoms with Crippen LogP contribution in [0.1, 0.15) is 27.9 Å². The second kappa shape index (κ2) is 8.29. The van der Waals surface area contributed by atoms with Crippen LogP contribution in [0.15, 0.2) is 48.5 Å². The Morgan fingerprint density at radius 3 is 2.52 bits per heavy atom. The van der Waals surface area contributed by atoms with Gasteiger partial charge in [0.05, 0.1) is 5.69 Å². The number of benzene rings is 2. The molecule has 2 aromatic carbocycles. The van der Waals surface area contributed by atoms with Crippen LogP contribution in [0.4, 0.5) is 5.82 Å². The summed E-state index contributed by atoms with van der Waals surface area (Å²) in [5.74, 6) is 0.986. The first-order valence-corrected chi connectivity index (χ1v) is 10.3. The lowest BCUT2D eigenvalue weighted by Gasteiger charge is -2.22. The molecule has 0 radical (unpaired) electrons. The Hall–Kier alpha value is -2.79. The molecule has 4 rings (SSSR count). The Morgan fingerprint density at radius 2 is 1.76 bits per heavy atom. The quantitative estimate of drug-likeness (QED) is 0.683. The van der Waals surface area contributed by atoms with E-state index in [9.17, 15) is 4.79 Å². The molecule has 0 saturated carbocycles. The Morgan fingerprint density at radius 1 is 0.966 bits per heavy atom. The van der Waals surface area contributed by atoms with Crippen molar-refractivity contribution in [3.05, 3.63) is 70.2 Å². The molecule has 150 valence electrons. The van der Waals surface area contributed by atoms with E-state index in [1.165, 1.54) is 11.1 Å². The Kier molecular flexibility index (Phi) is 5.58. The van der Waals surface area contributed by atoms with E-state index >= 15 is 0 Å². The Balaban J connectivity index is 1.45. The molecule has 6 heteroatoms. The summed E-state index contributed by atoms with van der Waals surface area (Å²) in [5, 5.41) is 8.34. The fraction of sp³-hybridized carbons (Fsp3) is 0.304. The van der Waals surface area contributed by atoms with Gasteiger partial charge < -0.3 is 9.80 Å². The van der Waals surface area contributed by atoms with Gasteiger partial charge in [0.1, 0.15) is 0 Å². The molecule has 1 fully saturated rings. The molecule has 2 heterocycles. The lowest BCUT2D eigenvalue weighted by molar-refractivity contribution is 0.0767. The van der Waals surface area contributed by atoms with E-state index in [1.807, 2.05) is 4.90 Å². The summed E-state index contributed by atoms with van der Waals surface area (Å²) < 4.78 is 0. The molecule has 0 spiro atoms. The van der Waals surface area contributed by atoms with Crippen molar-refractivity contribution in [1.82, 2.24) is 15.1 Å². The van der Waals surface area contributed by atoms with Crippen molar-refractivity contribution in [2.24, 2.45) is 0 Å². The van der Waals surface area contributed by atoms with Crippen molar-refractivity contribution in [1.29, 1.82) is 0 Å². The summed E-state index contributed by atoms with van der Waals surface area (Å²) in [5.41, 5.74) is 5.39. The van der Waals surface area contributed by atoms with Gasteiger partial charge in [0, 0.05) is 42.8 Å². The third-order valence-electron chi connectivity index (χ3n) is 5.58. The van der Waals surface area contributed by atoms with Gasteiger partial charge in [-0.15, -0.1) is 0 Å². The maximum Gasteiger partial charge on any atom is 0.253 e. The van der Waals surface area contributed by atoms with E-state index in [4.69, 9.17) is 11.6 Å². The minimum Gasteiger partial charge on any atom is -0.353 e. The summed E-state index contributed by atoms with van der Waals surface area (Å²) in [4.78, 5) is 17.0. The maximum atomic E-state index is 12.8. The molecule has 1 amide bonds. The molecule has 0 atom stereocenters. The first-order chi connectivity index (χ1) is 14.0. The van der Waals surface area contributed by atoms with Gasteiger partial charge in [-0.05, 0) is 67.3 Å². The number of carbonyl (C=O) groups is 1. The predicted molar refractivity (Wildman–Crippen MR) is 118 cm³/mol. The summed E-state index contributed by atoms with van der Waals surface area (Å²) in [7, 11) is 0. The number of nitrogens with zero attached hydrogens (tertiary/aromatic N) is 3. The second-order valence-corrected chi connectivity index (χ2v) is 8.01. The number of halogens is 1. The standard InChI is InChI=1S/C23H25ClN4O/c1-16-4-5-19(14-17(16)2)21-15-22(26-25-21)27-10-3-11-28(13-12-27)23(29)18-6-8-20(24)9-7-18/h4-9,14-15H,3,10-13H2,1-2H3,(H,25,26). The number of anilines is 1. The van der Waals surface area contributed by atoms with E-state index < -0.39 is 0 Å². The summed E-state index contributed by atoms with van der Waals surface area (Å²) >= 11 is 5.94. The summed E-state index contributed by atoms with van der Waals surface area (Å²) in [6.45, 7) is 7.29. The van der Waals surface area contributed by atoms with Crippen molar-refractivity contribution < 1.29 is 4.79 Å². The van der Waals surface area contributed by atoms with Crippen molar-refractivity contribution >= 4 is 23.3 Å². The van der Waals surface area contributed by atoms with Gasteiger partial charge in [-0.25, -0.2) is 0 Å². The van der Waals surface area contributed by atoms with Crippen molar-refractivity contribution in [3.63, 3.8) is 0 Å². The molecule has 1 aliphatic heterocycles. The normalized spacial score (nSPS) is 14.7. The van der Waals surface area contributed by atoms with Gasteiger partial charge in [0.15, 0.2) is 5.82 Å². The molecule has 0 unspecified atom stereocenters. The highest BCUT2D eigenvalue weighted by Gasteiger charge is 2.21. The van der Waals surface area contributed by atoms with E-state index in [0.717, 1.165) is 43.1 Å². The number of hydrogen-bond acceptors (Lipinski definition) is 3. The third kappa shape index (κ3) is 4.30. The van der Waals surface area contributed by atoms with E-state index in [-0.39, 0.29) is 5.91 Å². The Bertz CT molecular complexity index is 1010. The maximum absolute atomic E-state index is 12.8. The second-order valence-electron chi connectivity index (χ2n) is 7.58. The predicted octanol–water partition coefficient (Wildman–Crippen LogP) is 4.70. The highest BCUT2D eigenvalue weighted by atomic mass is 35.5. The highest BCUT2D eigenvalue weighted by molar-refractivity contribution is 6.30. The molecule has 3 aromatic rings. The molecular formula is C23H25ClN4O. The number of rotatable bonds is 3. The number of aryl methyl sites for hydroxylation is 2. The van der Waals surface area contributed by atoms with Crippen LogP contribution >= 0.6 is 11.6 Å². The first-order valence-electron chi connectivity index (χ1n) is 9.94. The number of carbonyl (C=O) groups excluding carboxylic acids is 1. The average molecular weight is 409 g/mol. The van der Waals surface area contributed by atoms with E-state index in [2.05, 4.69) is 53.2 Å². The van der Waals surface area contributed by atoms with Gasteiger partial charge in [0.25, 0.3) is 5.91 Å². The summed E-state index contributed by atoms with van der Waals surface area (Å²) in [6, 6.07) is 15.6. The minimum absolute atomic E-state index is 0.0568. The van der Waals surface area contributed by atoms with Crippen LogP contribution in [-0.4, -0.2) is 47.2 Å². The molecule has 29 heavy (non-hydrogen) atoms. The Labute approximate surface area is 176 Å². The average Bonchev–Trinajstić information content (AvgIpc) is 3.08. The minimum atomic E-state index is 0.0568. The number of amides is 1. The topological polar surface area (TPSA) is 52.2 Å². The molecule has 0 aliphatic carbocycles. The van der Waals surface area contributed by atoms with Gasteiger partial charge in [-0.2, -0.15) is 5.10 Å². The van der Waals surface area contributed by atoms with Crippen molar-refractivity contribution in [2.45, 2.75) is 20.3 Å². The van der Waals surface area contributed by atoms with Gasteiger partial charge in [0.2, 0.25) is 0 Å². The van der Waals surface area contributed by atoms with Crippen LogP contribution < -0.4 is 4.90 Å². The molecule has 1 N–H and O–H groups in total. The monoisotopic (exact) mass is 408 g/mol. The zero-order valence-electron chi connectivity index (χ0n) is 16.8. The number of aromatic nitrogens is 2. The fourth-order valence-corrected chi connectivity index (χ4v) is 3.78. The molecular weight excluding hydrogens is 384 g/mol. The number of hydrogen-bond donors (Lipinski definition) is 1. The largest absolute Gasteiger partial charge is 0.353 e. The molecule has 0 bridgehead atoms. The summed E-state index contributed by atoms with van der Waals surface area (Å²) in [6.07, 6.45) is 0.908. The number of aromatic amines is 1. The number of H-pyrrole nitrogens is 1. The molecule has 5 nitrogen and oxygen atoms in total. The van der Waals surface area contributed by atoms with Crippen LogP contribution in [0, 0.1) is 13.8 Å². The lowest BCUT2D eigenvalue weighted by atomic mass is 10.0. The zero-order valence-corrected chi connectivity index (χ0v) is 17.5. The highest BCUT2D eigenvalue weighted by Crippen LogP contribution is 2.25. The van der Waals surface area contributed by atoms with Crippen LogP contribution in [0.25, 0.3) is 11.3 Å². The SMILES string of the molecule is Cc1ccc(-c2cc(N3CCCN(C(=O)c4ccc(Cl)cc4)CC3)n[nH]2)cc1C. The van der Waals surface area contributed by atoms with E-state index in [0.29, 0.717) is 17.1 Å². The van der Waals surface area contributed by atoms with Crippen LogP contribution in [0.2, 0.25) is 5.02 Å². The lowest BCUT2D eigenvalue weighted by Crippen LogP contribution is -2.35. The smallest absolute Gasteiger partial charge is 0.253 e. The van der Waals surface area contributed by atoms with Crippen LogP contribution in [0.5, 0.6) is 0 Å². The van der Waals surface area contributed by atoms with Crippen LogP contribution in [0.3, 0.4) is 0 Å². The van der Waals surface area contributed by atoms with E-state index in [1.54, 1.807) is 24.3 Å². The van der Waals surface area contributed by atoms with Crippen LogP contribution in [-0.2, 0) is 0 Å². The van der Waals surface area contributed by atoms with Crippen molar-refractivity contribution in [3.8, 4) is 11.3 Å². The van der Waals surface area contributed by atoms with Gasteiger partial charge in [-0.1, -0.05) is 23.7 Å². The molecule has 1 aliphatic rings. The third-order valence-corrected chi connectivity index (χ3v) is 5.83. The zero-order chi connectivity index (χ0) is 20.4.